The van der Waals surface area contributed by atoms with Gasteiger partial charge in [-0.1, -0.05) is 6.07 Å². The van der Waals surface area contributed by atoms with Crippen molar-refractivity contribution in [1.82, 2.24) is 4.98 Å². The van der Waals surface area contributed by atoms with Crippen molar-refractivity contribution >= 4 is 11.4 Å². The minimum Gasteiger partial charge on any atom is -0.398 e. The molecule has 1 aliphatic heterocycles. The lowest BCUT2D eigenvalue weighted by Crippen LogP contribution is -2.10. The van der Waals surface area contributed by atoms with Gasteiger partial charge in [0.05, 0.1) is 12.3 Å². The highest BCUT2D eigenvalue weighted by Gasteiger charge is 2.26. The summed E-state index contributed by atoms with van der Waals surface area (Å²) in [5.41, 5.74) is 10.8. The van der Waals surface area contributed by atoms with E-state index in [1.807, 2.05) is 24.3 Å². The Bertz CT molecular complexity index is 804. The predicted molar refractivity (Wildman–Crippen MR) is 85.3 cm³/mol. The first kappa shape index (κ1) is 13.2. The molecule has 0 atom stereocenters. The molecule has 0 radical (unpaired) electrons. The van der Waals surface area contributed by atoms with E-state index in [4.69, 9.17) is 5.73 Å². The van der Waals surface area contributed by atoms with E-state index in [2.05, 4.69) is 9.98 Å². The zero-order valence-electron chi connectivity index (χ0n) is 12.1. The molecule has 2 N–H and O–H groups in total. The maximum atomic E-state index is 14.4. The third-order valence-electron chi connectivity index (χ3n) is 4.24. The first-order valence-corrected chi connectivity index (χ1v) is 7.48. The summed E-state index contributed by atoms with van der Waals surface area (Å²) in [7, 11) is 0. The van der Waals surface area contributed by atoms with Gasteiger partial charge in [-0.05, 0) is 48.6 Å². The van der Waals surface area contributed by atoms with Crippen LogP contribution in [0.4, 0.5) is 4.39 Å². The Morgan fingerprint density at radius 2 is 1.95 bits per heavy atom. The fourth-order valence-corrected chi connectivity index (χ4v) is 2.89. The molecule has 4 rings (SSSR count). The van der Waals surface area contributed by atoms with Gasteiger partial charge in [0, 0.05) is 34.8 Å². The molecule has 0 unspecified atom stereocenters. The lowest BCUT2D eigenvalue weighted by molar-refractivity contribution is 0.624. The molecule has 0 spiro atoms. The van der Waals surface area contributed by atoms with E-state index in [0.717, 1.165) is 11.1 Å². The second kappa shape index (κ2) is 5.05. The van der Waals surface area contributed by atoms with Gasteiger partial charge in [-0.2, -0.15) is 0 Å². The summed E-state index contributed by atoms with van der Waals surface area (Å²) >= 11 is 0. The molecule has 4 heteroatoms. The topological polar surface area (TPSA) is 51.3 Å². The number of nitrogens with two attached hydrogens (primary N) is 1. The number of hydrogen-bond acceptors (Lipinski definition) is 3. The standard InChI is InChI=1S/C18H16FN3/c19-16-4-3-12(11-1-2-11)9-14(16)18-13-5-7-21-10-15(13)17(20)6-8-22-18/h3-7,9-11H,1-2,8,20H2. The lowest BCUT2D eigenvalue weighted by atomic mass is 9.95. The van der Waals surface area contributed by atoms with E-state index in [0.29, 0.717) is 29.4 Å². The summed E-state index contributed by atoms with van der Waals surface area (Å²) in [5.74, 6) is 0.331. The summed E-state index contributed by atoms with van der Waals surface area (Å²) < 4.78 is 14.4. The number of benzene rings is 1. The fourth-order valence-electron chi connectivity index (χ4n) is 2.89. The van der Waals surface area contributed by atoms with E-state index in [1.54, 1.807) is 18.5 Å². The zero-order chi connectivity index (χ0) is 15.1. The van der Waals surface area contributed by atoms with Gasteiger partial charge in [-0.25, -0.2) is 4.39 Å². The third kappa shape index (κ3) is 2.21. The van der Waals surface area contributed by atoms with Crippen LogP contribution in [0.25, 0.3) is 5.70 Å². The van der Waals surface area contributed by atoms with Crippen molar-refractivity contribution in [2.24, 2.45) is 10.7 Å². The Morgan fingerprint density at radius 1 is 1.09 bits per heavy atom. The molecule has 1 aromatic carbocycles. The summed E-state index contributed by atoms with van der Waals surface area (Å²) in [6.45, 7) is 0.447. The van der Waals surface area contributed by atoms with Gasteiger partial charge in [0.1, 0.15) is 5.82 Å². The van der Waals surface area contributed by atoms with Gasteiger partial charge in [-0.15, -0.1) is 0 Å². The van der Waals surface area contributed by atoms with Crippen LogP contribution in [0, 0.1) is 5.82 Å². The lowest BCUT2D eigenvalue weighted by Gasteiger charge is -2.12. The average Bonchev–Trinajstić information content (AvgIpc) is 3.37. The quantitative estimate of drug-likeness (QED) is 0.924. The minimum atomic E-state index is -0.244. The van der Waals surface area contributed by atoms with Crippen LogP contribution in [0.3, 0.4) is 0 Å². The SMILES string of the molecule is NC1=CCN=C(c2cc(C3CC3)ccc2F)c2ccncc21. The number of pyridine rings is 1. The van der Waals surface area contributed by atoms with Crippen LogP contribution in [0.2, 0.25) is 0 Å². The summed E-state index contributed by atoms with van der Waals surface area (Å²) in [6, 6.07) is 7.23. The van der Waals surface area contributed by atoms with Gasteiger partial charge in [0.2, 0.25) is 0 Å². The number of rotatable bonds is 2. The van der Waals surface area contributed by atoms with Gasteiger partial charge in [0.25, 0.3) is 0 Å². The van der Waals surface area contributed by atoms with Gasteiger partial charge >= 0.3 is 0 Å². The Labute approximate surface area is 128 Å². The van der Waals surface area contributed by atoms with Crippen LogP contribution in [-0.2, 0) is 0 Å². The van der Waals surface area contributed by atoms with Gasteiger partial charge < -0.3 is 5.73 Å². The second-order valence-electron chi connectivity index (χ2n) is 5.78. The Morgan fingerprint density at radius 3 is 2.77 bits per heavy atom. The summed E-state index contributed by atoms with van der Waals surface area (Å²) in [5, 5.41) is 0. The first-order valence-electron chi connectivity index (χ1n) is 7.48. The number of nitrogens with zero attached hydrogens (tertiary/aromatic N) is 2. The van der Waals surface area contributed by atoms with E-state index in [-0.39, 0.29) is 5.82 Å². The molecule has 22 heavy (non-hydrogen) atoms. The maximum Gasteiger partial charge on any atom is 0.132 e. The van der Waals surface area contributed by atoms with Crippen molar-refractivity contribution in [3.05, 3.63) is 70.8 Å². The molecule has 1 aromatic heterocycles. The largest absolute Gasteiger partial charge is 0.398 e. The van der Waals surface area contributed by atoms with Crippen LogP contribution < -0.4 is 5.73 Å². The van der Waals surface area contributed by atoms with Crippen LogP contribution >= 0.6 is 0 Å². The normalized spacial score (nSPS) is 17.3. The van der Waals surface area contributed by atoms with Crippen molar-refractivity contribution < 1.29 is 4.39 Å². The van der Waals surface area contributed by atoms with Crippen LogP contribution in [0.1, 0.15) is 41.0 Å². The van der Waals surface area contributed by atoms with Crippen LogP contribution in [0.15, 0.2) is 47.7 Å². The number of hydrogen-bond donors (Lipinski definition) is 1. The van der Waals surface area contributed by atoms with E-state index in [9.17, 15) is 4.39 Å². The second-order valence-corrected chi connectivity index (χ2v) is 5.78. The molecule has 1 saturated carbocycles. The maximum absolute atomic E-state index is 14.4. The average molecular weight is 293 g/mol. The number of aliphatic imine (C=N–C) groups is 1. The van der Waals surface area contributed by atoms with E-state index >= 15 is 0 Å². The molecular weight excluding hydrogens is 277 g/mol. The Hall–Kier alpha value is -2.49. The van der Waals surface area contributed by atoms with E-state index < -0.39 is 0 Å². The monoisotopic (exact) mass is 293 g/mol. The highest BCUT2D eigenvalue weighted by Crippen LogP contribution is 2.40. The van der Waals surface area contributed by atoms with E-state index in [1.165, 1.54) is 18.4 Å². The molecular formula is C18H16FN3. The molecule has 110 valence electrons. The molecule has 0 bridgehead atoms. The predicted octanol–water partition coefficient (Wildman–Crippen LogP) is 3.25. The first-order chi connectivity index (χ1) is 10.7. The van der Waals surface area contributed by atoms with Crippen molar-refractivity contribution in [1.29, 1.82) is 0 Å². The molecule has 1 aliphatic carbocycles. The number of halogens is 1. The molecule has 0 saturated heterocycles. The Balaban J connectivity index is 1.88. The fraction of sp³-hybridized carbons (Fsp3) is 0.222. The summed E-state index contributed by atoms with van der Waals surface area (Å²) in [4.78, 5) is 8.69. The molecule has 2 aliphatic rings. The zero-order valence-corrected chi connectivity index (χ0v) is 12.1. The van der Waals surface area contributed by atoms with Gasteiger partial charge in [-0.3, -0.25) is 9.98 Å². The number of fused-ring (bicyclic) bond motifs is 1. The molecule has 2 heterocycles. The molecule has 1 fully saturated rings. The Kier molecular flexibility index (Phi) is 3.03. The van der Waals surface area contributed by atoms with Crippen molar-refractivity contribution in [2.45, 2.75) is 18.8 Å². The van der Waals surface area contributed by atoms with Crippen LogP contribution in [-0.4, -0.2) is 17.2 Å². The molecule has 3 nitrogen and oxygen atoms in total. The number of aromatic nitrogens is 1. The molecule has 2 aromatic rings. The van der Waals surface area contributed by atoms with Gasteiger partial charge in [0.15, 0.2) is 0 Å². The van der Waals surface area contributed by atoms with Crippen molar-refractivity contribution in [3.63, 3.8) is 0 Å². The highest BCUT2D eigenvalue weighted by atomic mass is 19.1. The van der Waals surface area contributed by atoms with Crippen LogP contribution in [0.5, 0.6) is 0 Å². The third-order valence-corrected chi connectivity index (χ3v) is 4.24. The molecule has 0 amide bonds. The summed E-state index contributed by atoms with van der Waals surface area (Å²) in [6.07, 6.45) is 7.62. The smallest absolute Gasteiger partial charge is 0.132 e. The minimum absolute atomic E-state index is 0.244. The highest BCUT2D eigenvalue weighted by molar-refractivity contribution is 6.15. The van der Waals surface area contributed by atoms with Crippen molar-refractivity contribution in [3.8, 4) is 0 Å². The van der Waals surface area contributed by atoms with Crippen molar-refractivity contribution in [2.75, 3.05) is 6.54 Å².